The maximum Gasteiger partial charge on any atom is 0.344 e. The van der Waals surface area contributed by atoms with Crippen LogP contribution in [0.15, 0.2) is 59.4 Å². The van der Waals surface area contributed by atoms with Crippen LogP contribution >= 0.6 is 11.6 Å². The molecular weight excluding hydrogens is 354 g/mol. The fourth-order valence-electron chi connectivity index (χ4n) is 2.70. The molecule has 7 heteroatoms. The molecule has 130 valence electrons. The van der Waals surface area contributed by atoms with Crippen molar-refractivity contribution in [3.63, 3.8) is 0 Å². The highest BCUT2D eigenvalue weighted by Crippen LogP contribution is 2.26. The van der Waals surface area contributed by atoms with Gasteiger partial charge in [0.25, 0.3) is 0 Å². The normalized spacial score (nSPS) is 11.0. The second-order valence-electron chi connectivity index (χ2n) is 5.75. The van der Waals surface area contributed by atoms with Crippen LogP contribution in [0, 0.1) is 6.92 Å². The number of carbonyl (C=O) groups is 1. The molecule has 0 aliphatic carbocycles. The summed E-state index contributed by atoms with van der Waals surface area (Å²) < 4.78 is 12.4. The van der Waals surface area contributed by atoms with Gasteiger partial charge >= 0.3 is 5.97 Å². The topological polar surface area (TPSA) is 69.6 Å². The van der Waals surface area contributed by atoms with Crippen molar-refractivity contribution in [3.05, 3.63) is 76.9 Å². The fraction of sp³-hybridized carbons (Fsp3) is 0.105. The first-order chi connectivity index (χ1) is 12.6. The lowest BCUT2D eigenvalue weighted by Crippen LogP contribution is -2.07. The number of imidazole rings is 1. The van der Waals surface area contributed by atoms with Gasteiger partial charge in [0.1, 0.15) is 29.3 Å². The number of pyridine rings is 1. The van der Waals surface area contributed by atoms with E-state index < -0.39 is 5.97 Å². The number of esters is 1. The minimum Gasteiger partial charge on any atom is -0.455 e. The van der Waals surface area contributed by atoms with Crippen LogP contribution in [0.5, 0.6) is 0 Å². The Kier molecular flexibility index (Phi) is 4.18. The summed E-state index contributed by atoms with van der Waals surface area (Å²) in [5, 5.41) is 4.60. The van der Waals surface area contributed by atoms with E-state index in [9.17, 15) is 4.79 Å². The molecule has 0 saturated carbocycles. The number of ether oxygens (including phenoxy) is 1. The van der Waals surface area contributed by atoms with Gasteiger partial charge in [-0.2, -0.15) is 0 Å². The molecular formula is C19H14ClN3O3. The molecule has 3 aromatic heterocycles. The number of nitrogens with zero attached hydrogens (tertiary/aromatic N) is 3. The summed E-state index contributed by atoms with van der Waals surface area (Å²) in [4.78, 5) is 17.0. The molecule has 3 heterocycles. The summed E-state index contributed by atoms with van der Waals surface area (Å²) >= 11 is 5.96. The lowest BCUT2D eigenvalue weighted by Gasteiger charge is -2.03. The first kappa shape index (κ1) is 16.4. The lowest BCUT2D eigenvalue weighted by molar-refractivity contribution is 0.0467. The predicted molar refractivity (Wildman–Crippen MR) is 96.0 cm³/mol. The Labute approximate surface area is 154 Å². The minimum atomic E-state index is -0.502. The molecule has 0 radical (unpaired) electrons. The van der Waals surface area contributed by atoms with Gasteiger partial charge in [0.2, 0.25) is 0 Å². The van der Waals surface area contributed by atoms with Crippen molar-refractivity contribution in [2.75, 3.05) is 0 Å². The molecule has 0 bridgehead atoms. The molecule has 0 aliphatic heterocycles. The molecule has 4 aromatic rings. The van der Waals surface area contributed by atoms with E-state index in [1.807, 2.05) is 30.3 Å². The van der Waals surface area contributed by atoms with Crippen molar-refractivity contribution in [1.82, 2.24) is 14.5 Å². The Balaban J connectivity index is 1.56. The summed E-state index contributed by atoms with van der Waals surface area (Å²) in [5.74, 6) is -0.0895. The van der Waals surface area contributed by atoms with Gasteiger partial charge in [-0.25, -0.2) is 9.78 Å². The molecule has 0 N–H and O–H groups in total. The number of hydrogen-bond donors (Lipinski definition) is 0. The Morgan fingerprint density at radius 3 is 2.81 bits per heavy atom. The van der Waals surface area contributed by atoms with E-state index >= 15 is 0 Å². The van der Waals surface area contributed by atoms with E-state index in [0.717, 1.165) is 11.2 Å². The van der Waals surface area contributed by atoms with Crippen molar-refractivity contribution >= 4 is 23.2 Å². The number of aryl methyl sites for hydroxylation is 1. The number of fused-ring (bicyclic) bond motifs is 1. The lowest BCUT2D eigenvalue weighted by atomic mass is 10.1. The average Bonchev–Trinajstić information content (AvgIpc) is 3.23. The van der Waals surface area contributed by atoms with Gasteiger partial charge in [-0.05, 0) is 19.1 Å². The van der Waals surface area contributed by atoms with E-state index in [4.69, 9.17) is 20.9 Å². The van der Waals surface area contributed by atoms with Crippen molar-refractivity contribution in [2.24, 2.45) is 0 Å². The zero-order chi connectivity index (χ0) is 18.1. The summed E-state index contributed by atoms with van der Waals surface area (Å²) in [6.07, 6.45) is 3.51. The van der Waals surface area contributed by atoms with E-state index in [1.165, 1.54) is 0 Å². The molecule has 4 rings (SSSR count). The van der Waals surface area contributed by atoms with Crippen LogP contribution in [0.4, 0.5) is 0 Å². The first-order valence-corrected chi connectivity index (χ1v) is 8.31. The van der Waals surface area contributed by atoms with Gasteiger partial charge in [-0.3, -0.25) is 0 Å². The summed E-state index contributed by atoms with van der Waals surface area (Å²) in [6.45, 7) is 1.72. The number of hydrogen-bond acceptors (Lipinski definition) is 5. The Morgan fingerprint density at radius 1 is 1.19 bits per heavy atom. The number of halogens is 1. The molecule has 0 spiro atoms. The molecule has 0 unspecified atom stereocenters. The molecule has 0 amide bonds. The van der Waals surface area contributed by atoms with Crippen LogP contribution in [-0.4, -0.2) is 20.5 Å². The summed E-state index contributed by atoms with van der Waals surface area (Å²) in [7, 11) is 0. The van der Waals surface area contributed by atoms with E-state index in [1.54, 1.807) is 35.9 Å². The smallest absolute Gasteiger partial charge is 0.344 e. The quantitative estimate of drug-likeness (QED) is 0.503. The van der Waals surface area contributed by atoms with Crippen LogP contribution in [-0.2, 0) is 11.3 Å². The van der Waals surface area contributed by atoms with E-state index in [2.05, 4.69) is 10.1 Å². The Morgan fingerprint density at radius 2 is 2.00 bits per heavy atom. The Bertz CT molecular complexity index is 1090. The molecule has 1 aromatic carbocycles. The molecule has 0 aliphatic rings. The van der Waals surface area contributed by atoms with Gasteiger partial charge in [-0.15, -0.1) is 0 Å². The summed E-state index contributed by atoms with van der Waals surface area (Å²) in [6, 6.07) is 12.9. The predicted octanol–water partition coefficient (Wildman–Crippen LogP) is 4.31. The second-order valence-corrected chi connectivity index (χ2v) is 6.19. The molecule has 26 heavy (non-hydrogen) atoms. The van der Waals surface area contributed by atoms with Crippen LogP contribution < -0.4 is 0 Å². The van der Waals surface area contributed by atoms with E-state index in [0.29, 0.717) is 27.7 Å². The number of aromatic nitrogens is 3. The second kappa shape index (κ2) is 6.65. The molecule has 6 nitrogen and oxygen atoms in total. The Hall–Kier alpha value is -3.12. The fourth-order valence-corrected chi connectivity index (χ4v) is 2.87. The molecule has 0 atom stereocenters. The highest BCUT2D eigenvalue weighted by molar-refractivity contribution is 6.30. The summed E-state index contributed by atoms with van der Waals surface area (Å²) in [5.41, 5.74) is 2.93. The number of rotatable bonds is 4. The van der Waals surface area contributed by atoms with Crippen LogP contribution in [0.25, 0.3) is 16.9 Å². The van der Waals surface area contributed by atoms with Gasteiger partial charge in [0, 0.05) is 18.0 Å². The van der Waals surface area contributed by atoms with Gasteiger partial charge < -0.3 is 13.7 Å². The highest BCUT2D eigenvalue weighted by atomic mass is 35.5. The first-order valence-electron chi connectivity index (χ1n) is 7.94. The maximum absolute atomic E-state index is 12.6. The molecule has 0 fully saturated rings. The van der Waals surface area contributed by atoms with Gasteiger partial charge in [0.05, 0.1) is 10.7 Å². The standard InChI is InChI=1S/C19H14ClN3O3/c1-12-17(18(22-26-12)13-5-3-2-4-6-13)19(24)25-11-15-10-23-9-14(20)7-8-16(23)21-15/h2-10H,11H2,1H3. The van der Waals surface area contributed by atoms with Crippen molar-refractivity contribution in [1.29, 1.82) is 0 Å². The third kappa shape index (κ3) is 3.07. The largest absolute Gasteiger partial charge is 0.455 e. The third-order valence-corrected chi connectivity index (χ3v) is 4.15. The SMILES string of the molecule is Cc1onc(-c2ccccc2)c1C(=O)OCc1cn2cc(Cl)ccc2n1. The number of carbonyl (C=O) groups excluding carboxylic acids is 1. The van der Waals surface area contributed by atoms with Crippen molar-refractivity contribution in [2.45, 2.75) is 13.5 Å². The van der Waals surface area contributed by atoms with Crippen LogP contribution in [0.1, 0.15) is 21.8 Å². The maximum atomic E-state index is 12.6. The highest BCUT2D eigenvalue weighted by Gasteiger charge is 2.23. The van der Waals surface area contributed by atoms with Crippen molar-refractivity contribution in [3.8, 4) is 11.3 Å². The average molecular weight is 368 g/mol. The van der Waals surface area contributed by atoms with Crippen LogP contribution in [0.2, 0.25) is 5.02 Å². The zero-order valence-corrected chi connectivity index (χ0v) is 14.6. The van der Waals surface area contributed by atoms with Gasteiger partial charge in [0.15, 0.2) is 0 Å². The zero-order valence-electron chi connectivity index (χ0n) is 13.8. The third-order valence-electron chi connectivity index (χ3n) is 3.93. The monoisotopic (exact) mass is 367 g/mol. The van der Waals surface area contributed by atoms with E-state index in [-0.39, 0.29) is 6.61 Å². The molecule has 0 saturated heterocycles. The van der Waals surface area contributed by atoms with Crippen molar-refractivity contribution < 1.29 is 14.1 Å². The van der Waals surface area contributed by atoms with Gasteiger partial charge in [-0.1, -0.05) is 47.1 Å². The number of benzene rings is 1. The van der Waals surface area contributed by atoms with Crippen LogP contribution in [0.3, 0.4) is 0 Å². The minimum absolute atomic E-state index is 0.0387.